The molecule has 0 bridgehead atoms. The number of phenolic OH excluding ortho intramolecular Hbond substituents is 1. The maximum absolute atomic E-state index is 11.8. The predicted molar refractivity (Wildman–Crippen MR) is 68.9 cm³/mol. The van der Waals surface area contributed by atoms with E-state index in [0.29, 0.717) is 11.4 Å². The molecule has 0 radical (unpaired) electrons. The van der Waals surface area contributed by atoms with Gasteiger partial charge in [-0.05, 0) is 12.1 Å². The summed E-state index contributed by atoms with van der Waals surface area (Å²) >= 11 is 0. The van der Waals surface area contributed by atoms with E-state index >= 15 is 0 Å². The topological polar surface area (TPSA) is 67.4 Å². The molecule has 0 atom stereocenters. The van der Waals surface area contributed by atoms with E-state index in [9.17, 15) is 9.90 Å². The highest BCUT2D eigenvalue weighted by molar-refractivity contribution is 5.90. The van der Waals surface area contributed by atoms with E-state index in [1.165, 1.54) is 13.2 Å². The Hall–Kier alpha value is -2.21. The molecule has 2 aromatic rings. The fourth-order valence-corrected chi connectivity index (χ4v) is 1.73. The summed E-state index contributed by atoms with van der Waals surface area (Å²) in [4.78, 5) is 11.8. The standard InChI is InChI=1S/C13H15N3O3.ClH/c1-15-5-6-16(9-15)8-13(18)14-10-3-4-12(19-2)11(17)7-10;/h3-7,9H,8H2,1-2H3,(H-,14,17,18);1H. The number of carbonyl (C=O) groups excluding carboxylic acids is 1. The fourth-order valence-electron chi connectivity index (χ4n) is 1.73. The number of nitrogens with one attached hydrogen (secondary N) is 1. The van der Waals surface area contributed by atoms with Gasteiger partial charge in [-0.15, -0.1) is 0 Å². The lowest BCUT2D eigenvalue weighted by molar-refractivity contribution is -0.671. The number of imidazole rings is 1. The lowest BCUT2D eigenvalue weighted by atomic mass is 10.2. The third kappa shape index (κ3) is 3.89. The molecule has 0 saturated carbocycles. The Balaban J connectivity index is 0.00000200. The van der Waals surface area contributed by atoms with E-state index in [0.717, 1.165) is 0 Å². The Bertz CT molecular complexity index is 598. The van der Waals surface area contributed by atoms with Crippen LogP contribution in [0, 0.1) is 0 Å². The summed E-state index contributed by atoms with van der Waals surface area (Å²) in [6.45, 7) is 0.216. The average Bonchev–Trinajstić information content (AvgIpc) is 2.74. The molecule has 0 spiro atoms. The lowest BCUT2D eigenvalue weighted by Gasteiger charge is -2.07. The number of rotatable bonds is 4. The highest BCUT2D eigenvalue weighted by atomic mass is 35.5. The zero-order chi connectivity index (χ0) is 13.8. The van der Waals surface area contributed by atoms with Crippen LogP contribution in [0.1, 0.15) is 0 Å². The molecule has 1 aromatic carbocycles. The molecule has 1 amide bonds. The average molecular weight is 298 g/mol. The first-order valence-corrected chi connectivity index (χ1v) is 5.76. The minimum absolute atomic E-state index is 0. The van der Waals surface area contributed by atoms with Gasteiger partial charge in [0.25, 0.3) is 5.91 Å². The highest BCUT2D eigenvalue weighted by Gasteiger charge is 2.09. The smallest absolute Gasteiger partial charge is 0.266 e. The van der Waals surface area contributed by atoms with Crippen molar-refractivity contribution in [3.8, 4) is 11.5 Å². The van der Waals surface area contributed by atoms with Crippen molar-refractivity contribution in [2.75, 3.05) is 12.4 Å². The minimum Gasteiger partial charge on any atom is -1.00 e. The number of anilines is 1. The molecule has 108 valence electrons. The van der Waals surface area contributed by atoms with E-state index < -0.39 is 0 Å². The molecule has 0 saturated heterocycles. The molecule has 0 fully saturated rings. The Morgan fingerprint density at radius 3 is 2.80 bits per heavy atom. The highest BCUT2D eigenvalue weighted by Crippen LogP contribution is 2.28. The van der Waals surface area contributed by atoms with Gasteiger partial charge in [-0.3, -0.25) is 4.79 Å². The Labute approximate surface area is 123 Å². The quantitative estimate of drug-likeness (QED) is 0.622. The van der Waals surface area contributed by atoms with Crippen molar-refractivity contribution < 1.29 is 31.6 Å². The summed E-state index contributed by atoms with van der Waals surface area (Å²) < 4.78 is 8.55. The van der Waals surface area contributed by atoms with Gasteiger partial charge < -0.3 is 27.6 Å². The van der Waals surface area contributed by atoms with E-state index in [2.05, 4.69) is 5.32 Å². The van der Waals surface area contributed by atoms with Crippen LogP contribution < -0.4 is 27.0 Å². The molecule has 20 heavy (non-hydrogen) atoms. The van der Waals surface area contributed by atoms with E-state index in [-0.39, 0.29) is 30.6 Å². The van der Waals surface area contributed by atoms with Gasteiger partial charge in [0, 0.05) is 11.8 Å². The summed E-state index contributed by atoms with van der Waals surface area (Å²) in [5.74, 6) is 0.198. The number of methoxy groups -OCH3 is 1. The van der Waals surface area contributed by atoms with Crippen molar-refractivity contribution in [3.63, 3.8) is 0 Å². The van der Waals surface area contributed by atoms with Gasteiger partial charge >= 0.3 is 0 Å². The van der Waals surface area contributed by atoms with Crippen LogP contribution in [0.15, 0.2) is 36.9 Å². The van der Waals surface area contributed by atoms with Crippen LogP contribution >= 0.6 is 0 Å². The molecule has 2 N–H and O–H groups in total. The second-order valence-corrected chi connectivity index (χ2v) is 4.19. The summed E-state index contributed by atoms with van der Waals surface area (Å²) in [5.41, 5.74) is 0.528. The fraction of sp³-hybridized carbons (Fsp3) is 0.231. The number of aromatic hydroxyl groups is 1. The van der Waals surface area contributed by atoms with Gasteiger partial charge in [-0.25, -0.2) is 9.13 Å². The van der Waals surface area contributed by atoms with Crippen LogP contribution in [-0.4, -0.2) is 22.7 Å². The Morgan fingerprint density at radius 1 is 1.50 bits per heavy atom. The van der Waals surface area contributed by atoms with Gasteiger partial charge in [0.1, 0.15) is 12.4 Å². The maximum Gasteiger partial charge on any atom is 0.266 e. The molecule has 0 aliphatic rings. The van der Waals surface area contributed by atoms with Gasteiger partial charge in [-0.1, -0.05) is 0 Å². The third-order valence-corrected chi connectivity index (χ3v) is 2.61. The molecule has 6 nitrogen and oxygen atoms in total. The Morgan fingerprint density at radius 2 is 2.25 bits per heavy atom. The number of aromatic nitrogens is 2. The van der Waals surface area contributed by atoms with Crippen LogP contribution in [-0.2, 0) is 18.4 Å². The van der Waals surface area contributed by atoms with Crippen molar-refractivity contribution >= 4 is 11.6 Å². The van der Waals surface area contributed by atoms with Crippen LogP contribution in [0.25, 0.3) is 0 Å². The predicted octanol–water partition coefficient (Wildman–Crippen LogP) is -2.33. The molecule has 1 aromatic heterocycles. The zero-order valence-electron chi connectivity index (χ0n) is 11.2. The number of halogens is 1. The zero-order valence-corrected chi connectivity index (χ0v) is 12.0. The molecule has 2 rings (SSSR count). The second-order valence-electron chi connectivity index (χ2n) is 4.19. The number of amides is 1. The number of ether oxygens (including phenoxy) is 1. The SMILES string of the molecule is COc1ccc(NC(=O)Cn2cc[n+](C)c2)cc1O.[Cl-]. The first-order valence-electron chi connectivity index (χ1n) is 5.76. The summed E-state index contributed by atoms with van der Waals surface area (Å²) in [5, 5.41) is 12.3. The number of aryl methyl sites for hydroxylation is 1. The third-order valence-electron chi connectivity index (χ3n) is 2.61. The van der Waals surface area contributed by atoms with Crippen LogP contribution in [0.5, 0.6) is 11.5 Å². The normalized spacial score (nSPS) is 9.70. The first kappa shape index (κ1) is 15.8. The number of phenols is 1. The van der Waals surface area contributed by atoms with Crippen molar-refractivity contribution in [1.82, 2.24) is 4.57 Å². The van der Waals surface area contributed by atoms with Crippen LogP contribution in [0.2, 0.25) is 0 Å². The molecule has 0 aliphatic heterocycles. The molecule has 0 unspecified atom stereocenters. The summed E-state index contributed by atoms with van der Waals surface area (Å²) in [6.07, 6.45) is 5.47. The van der Waals surface area contributed by atoms with Gasteiger partial charge in [0.15, 0.2) is 18.0 Å². The monoisotopic (exact) mass is 297 g/mol. The van der Waals surface area contributed by atoms with Gasteiger partial charge in [0.2, 0.25) is 6.33 Å². The second kappa shape index (κ2) is 6.81. The summed E-state index contributed by atoms with van der Waals surface area (Å²) in [7, 11) is 3.36. The number of hydrogen-bond donors (Lipinski definition) is 2. The van der Waals surface area contributed by atoms with Crippen LogP contribution in [0.4, 0.5) is 5.69 Å². The Kier molecular flexibility index (Phi) is 5.40. The van der Waals surface area contributed by atoms with Crippen molar-refractivity contribution in [1.29, 1.82) is 0 Å². The maximum atomic E-state index is 11.8. The van der Waals surface area contributed by atoms with E-state index in [1.807, 2.05) is 30.3 Å². The largest absolute Gasteiger partial charge is 1.00 e. The minimum atomic E-state index is -0.166. The number of hydrogen-bond acceptors (Lipinski definition) is 3. The van der Waals surface area contributed by atoms with E-state index in [4.69, 9.17) is 4.74 Å². The van der Waals surface area contributed by atoms with Crippen LogP contribution in [0.3, 0.4) is 0 Å². The molecular formula is C13H16ClN3O3. The van der Waals surface area contributed by atoms with E-state index in [1.54, 1.807) is 16.7 Å². The lowest BCUT2D eigenvalue weighted by Crippen LogP contribution is -3.00. The first-order chi connectivity index (χ1) is 9.08. The molecule has 0 aliphatic carbocycles. The molecule has 1 heterocycles. The number of nitrogens with zero attached hydrogens (tertiary/aromatic N) is 2. The molecular weight excluding hydrogens is 282 g/mol. The van der Waals surface area contributed by atoms with Gasteiger partial charge in [-0.2, -0.15) is 0 Å². The van der Waals surface area contributed by atoms with Crippen molar-refractivity contribution in [3.05, 3.63) is 36.9 Å². The van der Waals surface area contributed by atoms with Crippen molar-refractivity contribution in [2.24, 2.45) is 7.05 Å². The van der Waals surface area contributed by atoms with Crippen molar-refractivity contribution in [2.45, 2.75) is 6.54 Å². The number of benzene rings is 1. The van der Waals surface area contributed by atoms with Gasteiger partial charge in [0.05, 0.1) is 14.2 Å². The summed E-state index contributed by atoms with van der Waals surface area (Å²) in [6, 6.07) is 4.72. The molecule has 7 heteroatoms. The number of carbonyl (C=O) groups is 1.